The zero-order chi connectivity index (χ0) is 14.2. The maximum atomic E-state index is 5.73. The summed E-state index contributed by atoms with van der Waals surface area (Å²) in [4.78, 5) is 2.47. The summed E-state index contributed by atoms with van der Waals surface area (Å²) in [6.45, 7) is 14.9. The first-order chi connectivity index (χ1) is 8.27. The molecule has 18 heavy (non-hydrogen) atoms. The molecule has 0 spiro atoms. The van der Waals surface area contributed by atoms with Crippen LogP contribution in [0.4, 0.5) is 0 Å². The molecule has 0 rings (SSSR count). The van der Waals surface area contributed by atoms with Crippen molar-refractivity contribution in [3.8, 4) is 0 Å². The molecule has 2 heteroatoms. The Bertz CT molecular complexity index is 194. The van der Waals surface area contributed by atoms with E-state index < -0.39 is 0 Å². The SMILES string of the molecule is CC(C)CCN(C)CCCC(CCN)C(C)(C)C. The van der Waals surface area contributed by atoms with Crippen molar-refractivity contribution in [3.05, 3.63) is 0 Å². The van der Waals surface area contributed by atoms with E-state index in [-0.39, 0.29) is 0 Å². The third kappa shape index (κ3) is 8.93. The van der Waals surface area contributed by atoms with Gasteiger partial charge in [0.2, 0.25) is 0 Å². The van der Waals surface area contributed by atoms with Gasteiger partial charge >= 0.3 is 0 Å². The molecule has 1 atom stereocenters. The van der Waals surface area contributed by atoms with Crippen LogP contribution < -0.4 is 5.73 Å². The number of hydrogen-bond donors (Lipinski definition) is 1. The summed E-state index contributed by atoms with van der Waals surface area (Å²) in [7, 11) is 2.25. The topological polar surface area (TPSA) is 29.3 Å². The van der Waals surface area contributed by atoms with Gasteiger partial charge in [-0.1, -0.05) is 34.6 Å². The Balaban J connectivity index is 3.85. The van der Waals surface area contributed by atoms with Gasteiger partial charge in [0.25, 0.3) is 0 Å². The lowest BCUT2D eigenvalue weighted by molar-refractivity contribution is 0.199. The van der Waals surface area contributed by atoms with E-state index in [0.717, 1.165) is 18.4 Å². The smallest absolute Gasteiger partial charge is 0.00194 e. The highest BCUT2D eigenvalue weighted by Gasteiger charge is 2.23. The first kappa shape index (κ1) is 17.9. The molecule has 0 saturated heterocycles. The second-order valence-electron chi connectivity index (χ2n) is 7.27. The Labute approximate surface area is 115 Å². The van der Waals surface area contributed by atoms with Gasteiger partial charge in [0, 0.05) is 0 Å². The molecule has 2 nitrogen and oxygen atoms in total. The van der Waals surface area contributed by atoms with Gasteiger partial charge in [0.15, 0.2) is 0 Å². The molecule has 0 amide bonds. The molecule has 0 aliphatic carbocycles. The third-order valence-corrected chi connectivity index (χ3v) is 3.92. The number of nitrogens with two attached hydrogens (primary N) is 1. The van der Waals surface area contributed by atoms with Crippen LogP contribution in [-0.4, -0.2) is 31.6 Å². The van der Waals surface area contributed by atoms with E-state index in [1.165, 1.54) is 38.8 Å². The maximum absolute atomic E-state index is 5.73. The molecule has 110 valence electrons. The fraction of sp³-hybridized carbons (Fsp3) is 1.00. The Kier molecular flexibility index (Phi) is 8.89. The normalized spacial score (nSPS) is 14.5. The molecule has 0 heterocycles. The highest BCUT2D eigenvalue weighted by Crippen LogP contribution is 2.32. The Morgan fingerprint density at radius 1 is 1.00 bits per heavy atom. The van der Waals surface area contributed by atoms with Crippen molar-refractivity contribution < 1.29 is 0 Å². The van der Waals surface area contributed by atoms with Crippen molar-refractivity contribution in [1.82, 2.24) is 4.90 Å². The average molecular weight is 256 g/mol. The summed E-state index contributed by atoms with van der Waals surface area (Å²) in [5, 5.41) is 0. The van der Waals surface area contributed by atoms with Crippen molar-refractivity contribution in [1.29, 1.82) is 0 Å². The minimum atomic E-state index is 0.399. The molecule has 2 N–H and O–H groups in total. The van der Waals surface area contributed by atoms with E-state index in [1.54, 1.807) is 0 Å². The van der Waals surface area contributed by atoms with Gasteiger partial charge in [-0.2, -0.15) is 0 Å². The standard InChI is InChI=1S/C16H36N2/c1-14(2)10-13-18(6)12-7-8-15(9-11-17)16(3,4)5/h14-15H,7-13,17H2,1-6H3. The lowest BCUT2D eigenvalue weighted by Gasteiger charge is -2.31. The van der Waals surface area contributed by atoms with Crippen LogP contribution in [0.15, 0.2) is 0 Å². The van der Waals surface area contributed by atoms with Crippen molar-refractivity contribution in [2.45, 2.75) is 60.3 Å². The Morgan fingerprint density at radius 2 is 1.61 bits per heavy atom. The summed E-state index contributed by atoms with van der Waals surface area (Å²) in [6, 6.07) is 0. The molecule has 0 aromatic heterocycles. The lowest BCUT2D eigenvalue weighted by Crippen LogP contribution is -2.26. The summed E-state index contributed by atoms with van der Waals surface area (Å²) in [5.74, 6) is 1.58. The van der Waals surface area contributed by atoms with Crippen molar-refractivity contribution in [2.24, 2.45) is 23.0 Å². The minimum Gasteiger partial charge on any atom is -0.330 e. The third-order valence-electron chi connectivity index (χ3n) is 3.92. The van der Waals surface area contributed by atoms with E-state index in [9.17, 15) is 0 Å². The van der Waals surface area contributed by atoms with Gasteiger partial charge in [-0.3, -0.25) is 0 Å². The zero-order valence-electron chi connectivity index (χ0n) is 13.6. The molecular weight excluding hydrogens is 220 g/mol. The summed E-state index contributed by atoms with van der Waals surface area (Å²) >= 11 is 0. The van der Waals surface area contributed by atoms with Crippen molar-refractivity contribution >= 4 is 0 Å². The fourth-order valence-electron chi connectivity index (χ4n) is 2.41. The van der Waals surface area contributed by atoms with E-state index in [2.05, 4.69) is 46.6 Å². The number of hydrogen-bond acceptors (Lipinski definition) is 2. The van der Waals surface area contributed by atoms with Gasteiger partial charge in [0.05, 0.1) is 0 Å². The maximum Gasteiger partial charge on any atom is -0.00194 e. The average Bonchev–Trinajstić information content (AvgIpc) is 2.23. The quantitative estimate of drug-likeness (QED) is 0.680. The molecule has 0 aliphatic rings. The predicted molar refractivity (Wildman–Crippen MR) is 82.8 cm³/mol. The van der Waals surface area contributed by atoms with Gasteiger partial charge in [0.1, 0.15) is 0 Å². The molecule has 0 aromatic carbocycles. The van der Waals surface area contributed by atoms with Gasteiger partial charge in [-0.05, 0) is 69.6 Å². The molecular formula is C16H36N2. The van der Waals surface area contributed by atoms with Crippen LogP contribution in [0.2, 0.25) is 0 Å². The Hall–Kier alpha value is -0.0800. The Morgan fingerprint density at radius 3 is 2.06 bits per heavy atom. The van der Waals surface area contributed by atoms with Gasteiger partial charge < -0.3 is 10.6 Å². The van der Waals surface area contributed by atoms with Crippen LogP contribution in [0.25, 0.3) is 0 Å². The van der Waals surface area contributed by atoms with Crippen LogP contribution in [0, 0.1) is 17.3 Å². The summed E-state index contributed by atoms with van der Waals surface area (Å²) in [6.07, 6.45) is 5.09. The molecule has 0 radical (unpaired) electrons. The first-order valence-electron chi connectivity index (χ1n) is 7.66. The highest BCUT2D eigenvalue weighted by atomic mass is 15.1. The van der Waals surface area contributed by atoms with Crippen LogP contribution in [0.3, 0.4) is 0 Å². The van der Waals surface area contributed by atoms with Crippen molar-refractivity contribution in [3.63, 3.8) is 0 Å². The zero-order valence-corrected chi connectivity index (χ0v) is 13.6. The monoisotopic (exact) mass is 256 g/mol. The van der Waals surface area contributed by atoms with E-state index in [4.69, 9.17) is 5.73 Å². The second-order valence-corrected chi connectivity index (χ2v) is 7.27. The number of rotatable bonds is 9. The van der Waals surface area contributed by atoms with E-state index >= 15 is 0 Å². The number of nitrogens with zero attached hydrogens (tertiary/aromatic N) is 1. The van der Waals surface area contributed by atoms with E-state index in [0.29, 0.717) is 5.41 Å². The van der Waals surface area contributed by atoms with Crippen LogP contribution in [0.1, 0.15) is 60.3 Å². The highest BCUT2D eigenvalue weighted by molar-refractivity contribution is 4.74. The lowest BCUT2D eigenvalue weighted by atomic mass is 9.76. The molecule has 0 saturated carbocycles. The molecule has 0 bridgehead atoms. The fourth-order valence-corrected chi connectivity index (χ4v) is 2.41. The van der Waals surface area contributed by atoms with Gasteiger partial charge in [-0.15, -0.1) is 0 Å². The van der Waals surface area contributed by atoms with Crippen LogP contribution >= 0.6 is 0 Å². The van der Waals surface area contributed by atoms with Crippen molar-refractivity contribution in [2.75, 3.05) is 26.7 Å². The first-order valence-corrected chi connectivity index (χ1v) is 7.66. The molecule has 1 unspecified atom stereocenters. The molecule has 0 aliphatic heterocycles. The second kappa shape index (κ2) is 8.92. The van der Waals surface area contributed by atoms with E-state index in [1.807, 2.05) is 0 Å². The molecule has 0 aromatic rings. The van der Waals surface area contributed by atoms with Crippen LogP contribution in [0.5, 0.6) is 0 Å². The minimum absolute atomic E-state index is 0.399. The largest absolute Gasteiger partial charge is 0.330 e. The van der Waals surface area contributed by atoms with Gasteiger partial charge in [-0.25, -0.2) is 0 Å². The predicted octanol–water partition coefficient (Wildman–Crippen LogP) is 3.76. The summed E-state index contributed by atoms with van der Waals surface area (Å²) in [5.41, 5.74) is 6.13. The summed E-state index contributed by atoms with van der Waals surface area (Å²) < 4.78 is 0. The molecule has 0 fully saturated rings. The van der Waals surface area contributed by atoms with Crippen LogP contribution in [-0.2, 0) is 0 Å².